The monoisotopic (exact) mass is 728 g/mol. The van der Waals surface area contributed by atoms with E-state index in [1.54, 1.807) is 50.2 Å². The number of alkyl carbamates (subject to hydrolysis) is 1. The van der Waals surface area contributed by atoms with Gasteiger partial charge in [-0.25, -0.2) is 13.2 Å². The molecule has 0 saturated carbocycles. The molecule has 2 aliphatic heterocycles. The molecular weight excluding hydrogens is 679 g/mol. The fourth-order valence-electron chi connectivity index (χ4n) is 5.70. The van der Waals surface area contributed by atoms with Gasteiger partial charge in [-0.3, -0.25) is 4.57 Å². The Bertz CT molecular complexity index is 1480. The molecule has 16 heteroatoms. The quantitative estimate of drug-likeness (QED) is 0.196. The molecule has 2 heterocycles. The Hall–Kier alpha value is -2.75. The van der Waals surface area contributed by atoms with Crippen LogP contribution >= 0.6 is 7.60 Å². The number of carbonyl (C=O) groups is 1. The van der Waals surface area contributed by atoms with Gasteiger partial charge in [0.1, 0.15) is 17.6 Å². The van der Waals surface area contributed by atoms with Gasteiger partial charge < -0.3 is 43.2 Å². The molecule has 2 fully saturated rings. The Morgan fingerprint density at radius 2 is 1.67 bits per heavy atom. The van der Waals surface area contributed by atoms with Gasteiger partial charge in [-0.05, 0) is 74.6 Å². The lowest BCUT2D eigenvalue weighted by Gasteiger charge is -2.31. The van der Waals surface area contributed by atoms with E-state index in [0.717, 1.165) is 0 Å². The van der Waals surface area contributed by atoms with Crippen LogP contribution in [-0.4, -0.2) is 101 Å². The highest BCUT2D eigenvalue weighted by molar-refractivity contribution is 7.89. The van der Waals surface area contributed by atoms with Crippen molar-refractivity contribution < 1.29 is 55.6 Å². The number of fused-ring (bicyclic) bond motifs is 1. The summed E-state index contributed by atoms with van der Waals surface area (Å²) in [6.07, 6.45) is -2.47. The summed E-state index contributed by atoms with van der Waals surface area (Å²) < 4.78 is 79.8. The second-order valence-corrected chi connectivity index (χ2v) is 16.2. The molecule has 2 aromatic rings. The largest absolute Gasteiger partial charge is 0.497 e. The third-order valence-electron chi connectivity index (χ3n) is 8.09. The van der Waals surface area contributed by atoms with Crippen LogP contribution in [0.15, 0.2) is 53.4 Å². The predicted octanol–water partition coefficient (Wildman–Crippen LogP) is 4.40. The van der Waals surface area contributed by atoms with Crippen molar-refractivity contribution in [3.63, 3.8) is 0 Å². The number of hydrogen-bond donors (Lipinski definition) is 2. The molecule has 2 saturated heterocycles. The van der Waals surface area contributed by atoms with Crippen LogP contribution in [0, 0.1) is 11.8 Å². The summed E-state index contributed by atoms with van der Waals surface area (Å²) in [5, 5.41) is 14.4. The first-order valence-electron chi connectivity index (χ1n) is 16.5. The van der Waals surface area contributed by atoms with E-state index in [1.807, 2.05) is 13.8 Å². The van der Waals surface area contributed by atoms with Gasteiger partial charge in [0.2, 0.25) is 10.0 Å². The number of amides is 1. The number of carbonyl (C=O) groups excluding carboxylic acids is 1. The van der Waals surface area contributed by atoms with E-state index in [1.165, 1.54) is 23.5 Å². The van der Waals surface area contributed by atoms with Gasteiger partial charge >= 0.3 is 13.7 Å². The number of aliphatic hydroxyl groups is 1. The normalized spacial score (nSPS) is 20.6. The number of methoxy groups -OCH3 is 1. The summed E-state index contributed by atoms with van der Waals surface area (Å²) >= 11 is 0. The third kappa shape index (κ3) is 10.9. The van der Waals surface area contributed by atoms with E-state index in [-0.39, 0.29) is 62.4 Å². The van der Waals surface area contributed by atoms with E-state index in [2.05, 4.69) is 5.32 Å². The summed E-state index contributed by atoms with van der Waals surface area (Å²) in [6, 6.07) is 11.9. The van der Waals surface area contributed by atoms with Crippen LogP contribution in [0.3, 0.4) is 0 Å². The molecule has 0 aromatic heterocycles. The number of benzene rings is 2. The van der Waals surface area contributed by atoms with Crippen LogP contribution < -0.4 is 14.8 Å². The van der Waals surface area contributed by atoms with Crippen LogP contribution in [0.1, 0.15) is 39.7 Å². The van der Waals surface area contributed by atoms with Crippen LogP contribution in [0.4, 0.5) is 4.79 Å². The number of aliphatic hydroxyl groups excluding tert-OH is 1. The minimum absolute atomic E-state index is 0.0495. The van der Waals surface area contributed by atoms with Gasteiger partial charge in [0.25, 0.3) is 0 Å². The van der Waals surface area contributed by atoms with Gasteiger partial charge in [-0.1, -0.05) is 26.0 Å². The SMILES string of the molecule is CCOP(=O)(COc1ccc(C[C@H](NC(=O)O[C@H]2CO[C@H]3OCC[C@H]32)[C@H](O)CN(CC(C)C)S(=O)(=O)c2ccc(OC)cc2)cc1)OCC. The molecule has 2 aromatic carbocycles. The van der Waals surface area contributed by atoms with E-state index < -0.39 is 48.3 Å². The Morgan fingerprint density at radius 3 is 2.29 bits per heavy atom. The Labute approximate surface area is 288 Å². The van der Waals surface area contributed by atoms with E-state index in [0.29, 0.717) is 30.1 Å². The van der Waals surface area contributed by atoms with E-state index in [9.17, 15) is 22.9 Å². The molecule has 2 N–H and O–H groups in total. The summed E-state index contributed by atoms with van der Waals surface area (Å²) in [5.41, 5.74) is 0.705. The first kappa shape index (κ1) is 39.0. The molecule has 4 rings (SSSR count). The summed E-state index contributed by atoms with van der Waals surface area (Å²) in [7, 11) is -5.96. The van der Waals surface area contributed by atoms with Crippen molar-refractivity contribution >= 4 is 23.7 Å². The lowest BCUT2D eigenvalue weighted by atomic mass is 10.0. The second kappa shape index (κ2) is 18.0. The number of sulfonamides is 1. The van der Waals surface area contributed by atoms with Crippen molar-refractivity contribution in [2.45, 2.75) is 70.0 Å². The maximum Gasteiger partial charge on any atom is 0.407 e. The summed E-state index contributed by atoms with van der Waals surface area (Å²) in [4.78, 5) is 13.3. The van der Waals surface area contributed by atoms with Crippen LogP contribution in [0.2, 0.25) is 0 Å². The topological polar surface area (TPSA) is 168 Å². The number of rotatable bonds is 19. The number of hydrogen-bond acceptors (Lipinski definition) is 12. The van der Waals surface area contributed by atoms with Crippen molar-refractivity contribution in [3.8, 4) is 11.5 Å². The highest BCUT2D eigenvalue weighted by Gasteiger charge is 2.44. The maximum atomic E-state index is 13.8. The molecule has 0 unspecified atom stereocenters. The summed E-state index contributed by atoms with van der Waals surface area (Å²) in [5.74, 6) is 0.776. The van der Waals surface area contributed by atoms with E-state index >= 15 is 0 Å². The van der Waals surface area contributed by atoms with Gasteiger partial charge in [0.15, 0.2) is 12.6 Å². The molecular formula is C33H49N2O12PS. The molecule has 1 amide bonds. The zero-order chi connectivity index (χ0) is 35.6. The zero-order valence-electron chi connectivity index (χ0n) is 28.7. The standard InChI is InChI=1S/C33H49N2O12PS/c1-6-45-48(38,46-7-2)22-44-26-10-8-24(9-11-26)18-29(34-33(37)47-31-21-43-32-28(31)16-17-42-32)30(36)20-35(19-23(3)4)49(39,40)27-14-12-25(41-5)13-15-27/h8-15,23,28-32,36H,6-7,16-22H2,1-5H3,(H,34,37)/t28-,29-,30+,31-,32+/m0/s1. The second-order valence-electron chi connectivity index (χ2n) is 12.2. The van der Waals surface area contributed by atoms with Crippen LogP contribution in [0.5, 0.6) is 11.5 Å². The van der Waals surface area contributed by atoms with Crippen molar-refractivity contribution in [2.75, 3.05) is 53.0 Å². The summed E-state index contributed by atoms with van der Waals surface area (Å²) in [6.45, 7) is 8.14. The van der Waals surface area contributed by atoms with E-state index in [4.69, 9.17) is 32.7 Å². The van der Waals surface area contributed by atoms with Crippen molar-refractivity contribution in [3.05, 3.63) is 54.1 Å². The molecule has 0 aliphatic carbocycles. The Balaban J connectivity index is 1.52. The maximum absolute atomic E-state index is 13.8. The lowest BCUT2D eigenvalue weighted by Crippen LogP contribution is -2.51. The minimum Gasteiger partial charge on any atom is -0.497 e. The highest BCUT2D eigenvalue weighted by atomic mass is 32.2. The first-order chi connectivity index (χ1) is 23.4. The van der Waals surface area contributed by atoms with Crippen molar-refractivity contribution in [1.29, 1.82) is 0 Å². The average molecular weight is 729 g/mol. The van der Waals surface area contributed by atoms with Crippen molar-refractivity contribution in [2.24, 2.45) is 11.8 Å². The van der Waals surface area contributed by atoms with Gasteiger partial charge in [0.05, 0.1) is 56.5 Å². The number of nitrogens with zero attached hydrogens (tertiary/aromatic N) is 1. The van der Waals surface area contributed by atoms with Gasteiger partial charge in [0, 0.05) is 13.1 Å². The number of ether oxygens (including phenoxy) is 5. The molecule has 0 bridgehead atoms. The fraction of sp³-hybridized carbons (Fsp3) is 0.606. The lowest BCUT2D eigenvalue weighted by molar-refractivity contribution is -0.0907. The fourth-order valence-corrected chi connectivity index (χ4v) is 8.64. The van der Waals surface area contributed by atoms with Gasteiger partial charge in [-0.15, -0.1) is 0 Å². The Kier molecular flexibility index (Phi) is 14.3. The third-order valence-corrected chi connectivity index (χ3v) is 11.7. The molecule has 274 valence electrons. The number of nitrogens with one attached hydrogen (secondary N) is 1. The Morgan fingerprint density at radius 1 is 1.02 bits per heavy atom. The molecule has 0 spiro atoms. The van der Waals surface area contributed by atoms with Gasteiger partial charge in [-0.2, -0.15) is 4.31 Å². The zero-order valence-corrected chi connectivity index (χ0v) is 30.4. The predicted molar refractivity (Wildman–Crippen MR) is 180 cm³/mol. The smallest absolute Gasteiger partial charge is 0.407 e. The minimum atomic E-state index is -4.03. The molecule has 49 heavy (non-hydrogen) atoms. The highest BCUT2D eigenvalue weighted by Crippen LogP contribution is 2.47. The molecule has 5 atom stereocenters. The van der Waals surface area contributed by atoms with Crippen molar-refractivity contribution in [1.82, 2.24) is 9.62 Å². The van der Waals surface area contributed by atoms with Crippen LogP contribution in [-0.2, 0) is 44.3 Å². The molecule has 2 aliphatic rings. The average Bonchev–Trinajstić information content (AvgIpc) is 3.69. The first-order valence-corrected chi connectivity index (χ1v) is 19.7. The molecule has 0 radical (unpaired) electrons. The molecule has 14 nitrogen and oxygen atoms in total. The van der Waals surface area contributed by atoms with Crippen LogP contribution in [0.25, 0.3) is 0 Å².